The Morgan fingerprint density at radius 3 is 1.50 bits per heavy atom. The normalized spacial score (nSPS) is 9.67. The van der Waals surface area contributed by atoms with Crippen LogP contribution in [0.25, 0.3) is 11.4 Å². The molecule has 0 aliphatic rings. The molecule has 2 rings (SSSR count). The predicted molar refractivity (Wildman–Crippen MR) is 63.1 cm³/mol. The van der Waals surface area contributed by atoms with E-state index in [1.807, 2.05) is 36.4 Å². The molecule has 0 spiro atoms. The van der Waals surface area contributed by atoms with Crippen molar-refractivity contribution in [1.29, 1.82) is 0 Å². The van der Waals surface area contributed by atoms with Gasteiger partial charge in [0.25, 0.3) is 0 Å². The molecule has 18 heavy (non-hydrogen) atoms. The summed E-state index contributed by atoms with van der Waals surface area (Å²) in [6.07, 6.45) is 4.14. The molecule has 0 unspecified atom stereocenters. The third kappa shape index (κ3) is 7.91. The van der Waals surface area contributed by atoms with Crippen molar-refractivity contribution in [3.05, 3.63) is 48.8 Å². The van der Waals surface area contributed by atoms with E-state index < -0.39 is 10.1 Å². The Labute approximate surface area is 117 Å². The first-order chi connectivity index (χ1) is 7.97. The van der Waals surface area contributed by atoms with Gasteiger partial charge in [-0.25, -0.2) is 8.42 Å². The van der Waals surface area contributed by atoms with Gasteiger partial charge in [-0.2, -0.15) is 0 Å². The molecule has 0 saturated heterocycles. The summed E-state index contributed by atoms with van der Waals surface area (Å²) in [6.45, 7) is 0. The molecule has 0 radical (unpaired) electrons. The summed E-state index contributed by atoms with van der Waals surface area (Å²) in [7, 11) is -3.92. The fourth-order valence-electron chi connectivity index (χ4n) is 1.03. The quantitative estimate of drug-likeness (QED) is 0.585. The van der Waals surface area contributed by atoms with Crippen LogP contribution in [0.15, 0.2) is 48.8 Å². The summed E-state index contributed by atoms with van der Waals surface area (Å²) < 4.78 is 27.2. The van der Waals surface area contributed by atoms with E-state index in [1.54, 1.807) is 12.4 Å². The maximum absolute atomic E-state index is 9.08. The molecule has 0 fully saturated rings. The van der Waals surface area contributed by atoms with E-state index in [1.165, 1.54) is 0 Å². The zero-order valence-corrected chi connectivity index (χ0v) is 11.2. The van der Waals surface area contributed by atoms with Crippen LogP contribution in [-0.2, 0) is 27.2 Å². The molecule has 0 atom stereocenters. The topological polar surface area (TPSA) is 83.0 Å². The minimum atomic E-state index is -3.92. The molecule has 0 saturated carbocycles. The molecule has 0 N–H and O–H groups in total. The standard InChI is InChI=1S/C10H8N2.CH4O3S.Cu/c1-3-7-11-9(5-1)10-6-2-4-8-12-10;1-5(2,3)4;/h1-8H;1H3,(H,2,3,4);/q;;+1/p-1. The number of pyridine rings is 2. The number of nitrogens with zero attached hydrogens (tertiary/aromatic N) is 2. The van der Waals surface area contributed by atoms with Gasteiger partial charge in [-0.1, -0.05) is 12.1 Å². The molecule has 0 amide bonds. The van der Waals surface area contributed by atoms with Crippen LogP contribution in [0.1, 0.15) is 0 Å². The van der Waals surface area contributed by atoms with Gasteiger partial charge in [-0.15, -0.1) is 0 Å². The Bertz CT molecular complexity index is 502. The van der Waals surface area contributed by atoms with E-state index in [9.17, 15) is 0 Å². The largest absolute Gasteiger partial charge is 1.00 e. The summed E-state index contributed by atoms with van der Waals surface area (Å²) in [5, 5.41) is 0. The van der Waals surface area contributed by atoms with E-state index >= 15 is 0 Å². The van der Waals surface area contributed by atoms with Crippen LogP contribution < -0.4 is 0 Å². The van der Waals surface area contributed by atoms with Crippen LogP contribution in [0.4, 0.5) is 0 Å². The maximum Gasteiger partial charge on any atom is 1.00 e. The third-order valence-corrected chi connectivity index (χ3v) is 1.59. The van der Waals surface area contributed by atoms with E-state index in [4.69, 9.17) is 13.0 Å². The van der Waals surface area contributed by atoms with Crippen LogP contribution in [0.5, 0.6) is 0 Å². The number of hydrogen-bond donors (Lipinski definition) is 0. The summed E-state index contributed by atoms with van der Waals surface area (Å²) in [4.78, 5) is 8.37. The molecule has 0 aliphatic heterocycles. The summed E-state index contributed by atoms with van der Waals surface area (Å²) >= 11 is 0. The van der Waals surface area contributed by atoms with Gasteiger partial charge in [0.15, 0.2) is 0 Å². The molecule has 0 aliphatic carbocycles. The first kappa shape index (κ1) is 16.7. The van der Waals surface area contributed by atoms with Gasteiger partial charge < -0.3 is 4.55 Å². The van der Waals surface area contributed by atoms with Gasteiger partial charge in [0.2, 0.25) is 0 Å². The van der Waals surface area contributed by atoms with Crippen molar-refractivity contribution in [3.63, 3.8) is 0 Å². The van der Waals surface area contributed by atoms with Crippen LogP contribution in [-0.4, -0.2) is 29.2 Å². The summed E-state index contributed by atoms with van der Waals surface area (Å²) in [6, 6.07) is 11.6. The van der Waals surface area contributed by atoms with Gasteiger partial charge in [-0.05, 0) is 24.3 Å². The molecule has 0 aromatic carbocycles. The molecule has 100 valence electrons. The number of hydrogen-bond acceptors (Lipinski definition) is 5. The van der Waals surface area contributed by atoms with Crippen LogP contribution >= 0.6 is 0 Å². The molecular weight excluding hydrogens is 304 g/mol. The SMILES string of the molecule is CS(=O)(=O)[O-].[Cu+].c1ccc(-c2ccccn2)nc1. The molecule has 0 bridgehead atoms. The van der Waals surface area contributed by atoms with E-state index in [2.05, 4.69) is 9.97 Å². The smallest absolute Gasteiger partial charge is 0.748 e. The van der Waals surface area contributed by atoms with E-state index in [0.717, 1.165) is 11.4 Å². The van der Waals surface area contributed by atoms with Gasteiger partial charge in [-0.3, -0.25) is 9.97 Å². The average Bonchev–Trinajstić information content (AvgIpc) is 2.29. The Morgan fingerprint density at radius 2 is 1.28 bits per heavy atom. The van der Waals surface area contributed by atoms with Crippen molar-refractivity contribution in [3.8, 4) is 11.4 Å². The van der Waals surface area contributed by atoms with Gasteiger partial charge in [0, 0.05) is 18.6 Å². The minimum Gasteiger partial charge on any atom is -0.748 e. The van der Waals surface area contributed by atoms with Gasteiger partial charge in [0.05, 0.1) is 21.5 Å². The van der Waals surface area contributed by atoms with Crippen LogP contribution in [0.3, 0.4) is 0 Å². The Morgan fingerprint density at radius 1 is 0.944 bits per heavy atom. The first-order valence-corrected chi connectivity index (χ1v) is 6.52. The molecule has 7 heteroatoms. The third-order valence-electron chi connectivity index (χ3n) is 1.59. The predicted octanol–water partition coefficient (Wildman–Crippen LogP) is 1.30. The first-order valence-electron chi connectivity index (χ1n) is 4.70. The zero-order chi connectivity index (χ0) is 12.7. The monoisotopic (exact) mass is 314 g/mol. The van der Waals surface area contributed by atoms with Crippen molar-refractivity contribution < 1.29 is 30.0 Å². The van der Waals surface area contributed by atoms with Crippen molar-refractivity contribution in [2.24, 2.45) is 0 Å². The number of rotatable bonds is 1. The van der Waals surface area contributed by atoms with E-state index in [0.29, 0.717) is 6.26 Å². The molecular formula is C11H11CuN2O3S. The Kier molecular flexibility index (Phi) is 7.38. The molecule has 5 nitrogen and oxygen atoms in total. The van der Waals surface area contributed by atoms with Crippen molar-refractivity contribution >= 4 is 10.1 Å². The second kappa shape index (κ2) is 7.94. The van der Waals surface area contributed by atoms with Crippen molar-refractivity contribution in [2.75, 3.05) is 6.26 Å². The van der Waals surface area contributed by atoms with Crippen molar-refractivity contribution in [2.45, 2.75) is 0 Å². The molecule has 2 aromatic rings. The Hall–Kier alpha value is -1.27. The molecule has 2 aromatic heterocycles. The van der Waals surface area contributed by atoms with Crippen LogP contribution in [0, 0.1) is 0 Å². The van der Waals surface area contributed by atoms with E-state index in [-0.39, 0.29) is 17.1 Å². The number of aromatic nitrogens is 2. The average molecular weight is 315 g/mol. The molecule has 2 heterocycles. The summed E-state index contributed by atoms with van der Waals surface area (Å²) in [5.74, 6) is 0. The van der Waals surface area contributed by atoms with Gasteiger partial charge in [0.1, 0.15) is 0 Å². The minimum absolute atomic E-state index is 0. The second-order valence-electron chi connectivity index (χ2n) is 3.13. The fraction of sp³-hybridized carbons (Fsp3) is 0.0909. The second-order valence-corrected chi connectivity index (χ2v) is 4.54. The maximum atomic E-state index is 9.08. The van der Waals surface area contributed by atoms with Gasteiger partial charge >= 0.3 is 17.1 Å². The fourth-order valence-corrected chi connectivity index (χ4v) is 1.03. The Balaban J connectivity index is 0.000000421. The zero-order valence-electron chi connectivity index (χ0n) is 9.45. The van der Waals surface area contributed by atoms with Crippen molar-refractivity contribution in [1.82, 2.24) is 9.97 Å². The summed E-state index contributed by atoms with van der Waals surface area (Å²) in [5.41, 5.74) is 1.83. The van der Waals surface area contributed by atoms with Crippen LogP contribution in [0.2, 0.25) is 0 Å².